The van der Waals surface area contributed by atoms with Crippen LogP contribution in [-0.2, 0) is 13.0 Å². The quantitative estimate of drug-likeness (QED) is 0.801. The molecule has 0 atom stereocenters. The fraction of sp³-hybridized carbons (Fsp3) is 0.214. The van der Waals surface area contributed by atoms with Gasteiger partial charge in [-0.2, -0.15) is 0 Å². The summed E-state index contributed by atoms with van der Waals surface area (Å²) in [5, 5.41) is 10.3. The lowest BCUT2D eigenvalue weighted by molar-refractivity contribution is 0.356. The Morgan fingerprint density at radius 3 is 3.09 bits per heavy atom. The average Bonchev–Trinajstić information content (AvgIpc) is 3.17. The van der Waals surface area contributed by atoms with Gasteiger partial charge >= 0.3 is 0 Å². The molecule has 22 heavy (non-hydrogen) atoms. The van der Waals surface area contributed by atoms with E-state index in [1.807, 2.05) is 0 Å². The van der Waals surface area contributed by atoms with Crippen LogP contribution in [0.1, 0.15) is 11.1 Å². The molecule has 0 radical (unpaired) electrons. The van der Waals surface area contributed by atoms with E-state index in [0.717, 1.165) is 11.8 Å². The van der Waals surface area contributed by atoms with Crippen LogP contribution in [0.5, 0.6) is 5.75 Å². The first-order valence-electron chi connectivity index (χ1n) is 6.75. The van der Waals surface area contributed by atoms with Gasteiger partial charge in [0, 0.05) is 24.1 Å². The van der Waals surface area contributed by atoms with Gasteiger partial charge in [-0.1, -0.05) is 0 Å². The number of anilines is 1. The van der Waals surface area contributed by atoms with Crippen LogP contribution in [0.25, 0.3) is 5.65 Å². The summed E-state index contributed by atoms with van der Waals surface area (Å²) in [6.07, 6.45) is 3.08. The third-order valence-corrected chi connectivity index (χ3v) is 3.65. The highest BCUT2D eigenvalue weighted by atomic mass is 19.1. The van der Waals surface area contributed by atoms with Crippen LogP contribution in [-0.4, -0.2) is 26.2 Å². The number of ether oxygens (including phenoxy) is 1. The fourth-order valence-electron chi connectivity index (χ4n) is 2.60. The molecule has 1 aliphatic heterocycles. The van der Waals surface area contributed by atoms with Gasteiger partial charge < -0.3 is 10.1 Å². The maximum Gasteiger partial charge on any atom is 0.210 e. The SMILES string of the molecule is Fc1ccc2c(c1CNc1ncc(F)c3nncn13)CCO2. The molecule has 3 heterocycles. The Morgan fingerprint density at radius 1 is 1.27 bits per heavy atom. The summed E-state index contributed by atoms with van der Waals surface area (Å²) in [5.74, 6) is 0.180. The molecule has 8 heteroatoms. The van der Waals surface area contributed by atoms with Gasteiger partial charge in [0.05, 0.1) is 12.8 Å². The number of hydrogen-bond acceptors (Lipinski definition) is 5. The van der Waals surface area contributed by atoms with Crippen molar-refractivity contribution in [2.24, 2.45) is 0 Å². The second-order valence-corrected chi connectivity index (χ2v) is 4.91. The highest BCUT2D eigenvalue weighted by Crippen LogP contribution is 2.30. The van der Waals surface area contributed by atoms with Gasteiger partial charge in [0.1, 0.15) is 17.9 Å². The molecule has 0 amide bonds. The van der Waals surface area contributed by atoms with Crippen molar-refractivity contribution < 1.29 is 13.5 Å². The van der Waals surface area contributed by atoms with Crippen LogP contribution in [0.4, 0.5) is 14.7 Å². The zero-order chi connectivity index (χ0) is 15.1. The Labute approximate surface area is 123 Å². The second kappa shape index (κ2) is 4.90. The number of hydrogen-bond donors (Lipinski definition) is 1. The molecule has 0 saturated carbocycles. The molecule has 1 N–H and O–H groups in total. The van der Waals surface area contributed by atoms with Gasteiger partial charge in [-0.3, -0.25) is 0 Å². The lowest BCUT2D eigenvalue weighted by Gasteiger charge is -2.11. The maximum absolute atomic E-state index is 14.1. The van der Waals surface area contributed by atoms with E-state index in [1.54, 1.807) is 6.07 Å². The maximum atomic E-state index is 14.1. The molecule has 3 aromatic rings. The molecule has 0 unspecified atom stereocenters. The Bertz CT molecular complexity index is 864. The van der Waals surface area contributed by atoms with Crippen LogP contribution < -0.4 is 10.1 Å². The average molecular weight is 303 g/mol. The molecule has 4 rings (SSSR count). The first kappa shape index (κ1) is 12.9. The van der Waals surface area contributed by atoms with Crippen molar-refractivity contribution in [3.05, 3.63) is 47.4 Å². The lowest BCUT2D eigenvalue weighted by Crippen LogP contribution is -2.09. The topological polar surface area (TPSA) is 64.3 Å². The highest BCUT2D eigenvalue weighted by molar-refractivity contribution is 5.47. The minimum Gasteiger partial charge on any atom is -0.493 e. The van der Waals surface area contributed by atoms with Gasteiger partial charge in [-0.05, 0) is 12.1 Å². The van der Waals surface area contributed by atoms with Crippen molar-refractivity contribution in [2.45, 2.75) is 13.0 Å². The number of nitrogens with zero attached hydrogens (tertiary/aromatic N) is 4. The standard InChI is InChI=1S/C14H11F2N5O/c15-10-1-2-12-8(3-4-22-12)9(10)5-17-14-18-6-11(16)13-20-19-7-21(13)14/h1-2,6-7H,3-5H2,(H,17,18). The van der Waals surface area contributed by atoms with Gasteiger partial charge in [0.2, 0.25) is 11.6 Å². The number of halogens is 2. The molecular formula is C14H11F2N5O. The molecule has 0 spiro atoms. The predicted molar refractivity (Wildman–Crippen MR) is 73.7 cm³/mol. The summed E-state index contributed by atoms with van der Waals surface area (Å²) in [6.45, 7) is 0.764. The van der Waals surface area contributed by atoms with Crippen molar-refractivity contribution in [2.75, 3.05) is 11.9 Å². The molecule has 6 nitrogen and oxygen atoms in total. The number of aromatic nitrogens is 4. The largest absolute Gasteiger partial charge is 0.493 e. The first-order chi connectivity index (χ1) is 10.7. The minimum atomic E-state index is -0.566. The summed E-state index contributed by atoms with van der Waals surface area (Å²) in [7, 11) is 0. The van der Waals surface area contributed by atoms with E-state index in [1.165, 1.54) is 16.8 Å². The molecule has 1 aliphatic rings. The van der Waals surface area contributed by atoms with Crippen LogP contribution >= 0.6 is 0 Å². The minimum absolute atomic E-state index is 0.0691. The molecule has 2 aromatic heterocycles. The monoisotopic (exact) mass is 303 g/mol. The normalized spacial score (nSPS) is 13.2. The molecule has 0 saturated heterocycles. The van der Waals surface area contributed by atoms with Gasteiger partial charge in [-0.15, -0.1) is 10.2 Å². The highest BCUT2D eigenvalue weighted by Gasteiger charge is 2.19. The zero-order valence-electron chi connectivity index (χ0n) is 11.4. The van der Waals surface area contributed by atoms with Gasteiger partial charge in [0.15, 0.2) is 5.82 Å². The van der Waals surface area contributed by atoms with E-state index in [0.29, 0.717) is 30.3 Å². The number of fused-ring (bicyclic) bond motifs is 2. The van der Waals surface area contributed by atoms with Crippen molar-refractivity contribution in [3.8, 4) is 5.75 Å². The number of benzene rings is 1. The Hall–Kier alpha value is -2.77. The van der Waals surface area contributed by atoms with E-state index in [9.17, 15) is 8.78 Å². The van der Waals surface area contributed by atoms with Crippen LogP contribution in [0.15, 0.2) is 24.7 Å². The third kappa shape index (κ3) is 1.95. The zero-order valence-corrected chi connectivity index (χ0v) is 11.4. The number of nitrogens with one attached hydrogen (secondary N) is 1. The molecule has 112 valence electrons. The third-order valence-electron chi connectivity index (χ3n) is 3.65. The van der Waals surface area contributed by atoms with Crippen molar-refractivity contribution in [1.29, 1.82) is 0 Å². The van der Waals surface area contributed by atoms with Crippen LogP contribution in [0, 0.1) is 11.6 Å². The van der Waals surface area contributed by atoms with Crippen LogP contribution in [0.2, 0.25) is 0 Å². The van der Waals surface area contributed by atoms with E-state index in [-0.39, 0.29) is 18.0 Å². The first-order valence-corrected chi connectivity index (χ1v) is 6.75. The lowest BCUT2D eigenvalue weighted by atomic mass is 10.0. The van der Waals surface area contributed by atoms with E-state index in [2.05, 4.69) is 20.5 Å². The Balaban J connectivity index is 1.67. The van der Waals surface area contributed by atoms with Gasteiger partial charge in [0.25, 0.3) is 0 Å². The van der Waals surface area contributed by atoms with Crippen molar-refractivity contribution in [1.82, 2.24) is 19.6 Å². The smallest absolute Gasteiger partial charge is 0.210 e. The molecule has 0 aliphatic carbocycles. The number of rotatable bonds is 3. The fourth-order valence-corrected chi connectivity index (χ4v) is 2.60. The Kier molecular flexibility index (Phi) is 2.88. The van der Waals surface area contributed by atoms with Crippen molar-refractivity contribution >= 4 is 11.6 Å². The van der Waals surface area contributed by atoms with E-state index in [4.69, 9.17) is 4.74 Å². The summed E-state index contributed by atoms with van der Waals surface area (Å²) in [6, 6.07) is 3.02. The summed E-state index contributed by atoms with van der Waals surface area (Å²) >= 11 is 0. The summed E-state index contributed by atoms with van der Waals surface area (Å²) < 4.78 is 34.4. The predicted octanol–water partition coefficient (Wildman–Crippen LogP) is 1.95. The summed E-state index contributed by atoms with van der Waals surface area (Å²) in [4.78, 5) is 3.96. The second-order valence-electron chi connectivity index (χ2n) is 4.91. The molecule has 0 bridgehead atoms. The van der Waals surface area contributed by atoms with Gasteiger partial charge in [-0.25, -0.2) is 18.2 Å². The molecule has 1 aromatic carbocycles. The summed E-state index contributed by atoms with van der Waals surface area (Å²) in [5.41, 5.74) is 1.46. The van der Waals surface area contributed by atoms with Crippen LogP contribution in [0.3, 0.4) is 0 Å². The van der Waals surface area contributed by atoms with E-state index >= 15 is 0 Å². The van der Waals surface area contributed by atoms with E-state index < -0.39 is 5.82 Å². The molecular weight excluding hydrogens is 292 g/mol. The molecule has 0 fully saturated rings. The Morgan fingerprint density at radius 2 is 2.18 bits per heavy atom. The van der Waals surface area contributed by atoms with Crippen molar-refractivity contribution in [3.63, 3.8) is 0 Å².